The fourth-order valence-corrected chi connectivity index (χ4v) is 1.46. The van der Waals surface area contributed by atoms with Crippen molar-refractivity contribution in [2.45, 2.75) is 51.5 Å². The van der Waals surface area contributed by atoms with E-state index in [4.69, 9.17) is 0 Å². The van der Waals surface area contributed by atoms with Crippen LogP contribution in [0.5, 0.6) is 0 Å². The monoisotopic (exact) mass is 154 g/mol. The van der Waals surface area contributed by atoms with Gasteiger partial charge in [0.05, 0.1) is 12.6 Å². The first kappa shape index (κ1) is 8.69. The van der Waals surface area contributed by atoms with Crippen LogP contribution in [0.2, 0.25) is 0 Å². The number of hydrogen-bond acceptors (Lipinski definition) is 2. The Hall–Kier alpha value is -0.400. The zero-order valence-corrected chi connectivity index (χ0v) is 7.42. The molecule has 2 heteroatoms. The summed E-state index contributed by atoms with van der Waals surface area (Å²) in [6, 6.07) is 0.565. The van der Waals surface area contributed by atoms with Crippen molar-refractivity contribution in [1.82, 2.24) is 0 Å². The maximum absolute atomic E-state index is 4.23. The summed E-state index contributed by atoms with van der Waals surface area (Å²) in [6.07, 6.45) is 7.78. The molecule has 0 N–H and O–H groups in total. The highest BCUT2D eigenvalue weighted by molar-refractivity contribution is 4.68. The van der Waals surface area contributed by atoms with Crippen molar-refractivity contribution in [2.75, 3.05) is 6.54 Å². The Bertz CT molecular complexity index is 121. The van der Waals surface area contributed by atoms with Crippen LogP contribution in [0.4, 0.5) is 0 Å². The van der Waals surface area contributed by atoms with Crippen molar-refractivity contribution < 1.29 is 0 Å². The smallest absolute Gasteiger partial charge is 0.0709 e. The Morgan fingerprint density at radius 3 is 2.91 bits per heavy atom. The third kappa shape index (κ3) is 3.49. The highest BCUT2D eigenvalue weighted by Gasteiger charge is 2.09. The maximum atomic E-state index is 4.23. The lowest BCUT2D eigenvalue weighted by Crippen LogP contribution is -2.08. The van der Waals surface area contributed by atoms with Gasteiger partial charge >= 0.3 is 0 Å². The van der Waals surface area contributed by atoms with Crippen molar-refractivity contribution >= 4 is 0 Å². The summed E-state index contributed by atoms with van der Waals surface area (Å²) in [4.78, 5) is 0. The van der Waals surface area contributed by atoms with Gasteiger partial charge in [-0.25, -0.2) is 0 Å². The fourth-order valence-electron chi connectivity index (χ4n) is 1.46. The molecule has 1 heterocycles. The third-order valence-corrected chi connectivity index (χ3v) is 2.18. The van der Waals surface area contributed by atoms with Gasteiger partial charge in [0.1, 0.15) is 0 Å². The van der Waals surface area contributed by atoms with E-state index in [0.717, 1.165) is 6.54 Å². The van der Waals surface area contributed by atoms with Crippen LogP contribution in [0, 0.1) is 0 Å². The molecule has 1 rings (SSSR count). The lowest BCUT2D eigenvalue weighted by molar-refractivity contribution is 0.464. The van der Waals surface area contributed by atoms with Gasteiger partial charge in [-0.2, -0.15) is 10.2 Å². The van der Waals surface area contributed by atoms with Crippen molar-refractivity contribution in [3.8, 4) is 0 Å². The molecule has 1 aliphatic heterocycles. The molecular weight excluding hydrogens is 136 g/mol. The number of azo groups is 1. The van der Waals surface area contributed by atoms with Crippen molar-refractivity contribution in [2.24, 2.45) is 10.2 Å². The largest absolute Gasteiger partial charge is 0.194 e. The molecule has 0 aromatic carbocycles. The van der Waals surface area contributed by atoms with Gasteiger partial charge in [0, 0.05) is 0 Å². The topological polar surface area (TPSA) is 24.7 Å². The number of rotatable bonds is 4. The minimum absolute atomic E-state index is 0.565. The van der Waals surface area contributed by atoms with Gasteiger partial charge in [0.2, 0.25) is 0 Å². The third-order valence-electron chi connectivity index (χ3n) is 2.18. The second-order valence-electron chi connectivity index (χ2n) is 3.27. The van der Waals surface area contributed by atoms with Gasteiger partial charge in [0.25, 0.3) is 0 Å². The Labute approximate surface area is 69.1 Å². The molecule has 1 unspecified atom stereocenters. The minimum atomic E-state index is 0.565. The maximum Gasteiger partial charge on any atom is 0.0709 e. The van der Waals surface area contributed by atoms with Crippen LogP contribution in [-0.4, -0.2) is 12.6 Å². The molecular formula is C9H18N2. The summed E-state index contributed by atoms with van der Waals surface area (Å²) < 4.78 is 0. The lowest BCUT2D eigenvalue weighted by Gasteiger charge is -2.13. The zero-order valence-electron chi connectivity index (χ0n) is 7.42. The standard InChI is InChI=1S/C9H18N2/c1-2-3-4-6-9-7-5-8-10-11-9/h9H,2-8H2,1H3. The normalized spacial score (nSPS) is 23.9. The first-order valence-corrected chi connectivity index (χ1v) is 4.80. The molecule has 0 amide bonds. The summed E-state index contributed by atoms with van der Waals surface area (Å²) in [5.41, 5.74) is 0. The predicted octanol–water partition coefficient (Wildman–Crippen LogP) is 3.18. The number of nitrogens with zero attached hydrogens (tertiary/aromatic N) is 2. The summed E-state index contributed by atoms with van der Waals surface area (Å²) >= 11 is 0. The molecule has 0 radical (unpaired) electrons. The van der Waals surface area contributed by atoms with E-state index in [2.05, 4.69) is 17.2 Å². The minimum Gasteiger partial charge on any atom is -0.194 e. The van der Waals surface area contributed by atoms with Crippen LogP contribution in [0.25, 0.3) is 0 Å². The summed E-state index contributed by atoms with van der Waals surface area (Å²) in [6.45, 7) is 3.20. The molecule has 0 aromatic heterocycles. The molecule has 0 bridgehead atoms. The molecule has 0 aliphatic carbocycles. The van der Waals surface area contributed by atoms with Crippen molar-refractivity contribution in [1.29, 1.82) is 0 Å². The number of hydrogen-bond donors (Lipinski definition) is 0. The highest BCUT2D eigenvalue weighted by atomic mass is 15.1. The van der Waals surface area contributed by atoms with Crippen molar-refractivity contribution in [3.63, 3.8) is 0 Å². The van der Waals surface area contributed by atoms with E-state index in [-0.39, 0.29) is 0 Å². The first-order chi connectivity index (χ1) is 5.43. The van der Waals surface area contributed by atoms with Gasteiger partial charge in [-0.15, -0.1) is 0 Å². The molecule has 0 fully saturated rings. The van der Waals surface area contributed by atoms with Gasteiger partial charge in [-0.1, -0.05) is 26.2 Å². The van der Waals surface area contributed by atoms with E-state index >= 15 is 0 Å². The molecule has 0 spiro atoms. The average Bonchev–Trinajstić information content (AvgIpc) is 2.07. The Morgan fingerprint density at radius 2 is 2.27 bits per heavy atom. The van der Waals surface area contributed by atoms with Crippen LogP contribution in [0.3, 0.4) is 0 Å². The lowest BCUT2D eigenvalue weighted by atomic mass is 10.0. The van der Waals surface area contributed by atoms with E-state index in [1.807, 2.05) is 0 Å². The van der Waals surface area contributed by atoms with Crippen LogP contribution >= 0.6 is 0 Å². The molecule has 1 aliphatic rings. The van der Waals surface area contributed by atoms with Crippen LogP contribution in [0.1, 0.15) is 45.4 Å². The molecule has 1 atom stereocenters. The SMILES string of the molecule is CCCCCC1CCCN=N1. The summed E-state index contributed by atoms with van der Waals surface area (Å²) in [7, 11) is 0. The van der Waals surface area contributed by atoms with E-state index in [9.17, 15) is 0 Å². The fraction of sp³-hybridized carbons (Fsp3) is 1.00. The van der Waals surface area contributed by atoms with Crippen LogP contribution in [-0.2, 0) is 0 Å². The van der Waals surface area contributed by atoms with Gasteiger partial charge < -0.3 is 0 Å². The van der Waals surface area contributed by atoms with Gasteiger partial charge in [0.15, 0.2) is 0 Å². The highest BCUT2D eigenvalue weighted by Crippen LogP contribution is 2.15. The Kier molecular flexibility index (Phi) is 4.17. The molecule has 0 aromatic rings. The zero-order chi connectivity index (χ0) is 7.94. The van der Waals surface area contributed by atoms with Crippen LogP contribution < -0.4 is 0 Å². The molecule has 0 saturated heterocycles. The summed E-state index contributed by atoms with van der Waals surface area (Å²) in [5, 5.41) is 8.29. The Morgan fingerprint density at radius 1 is 1.36 bits per heavy atom. The van der Waals surface area contributed by atoms with E-state index in [1.54, 1.807) is 0 Å². The second-order valence-corrected chi connectivity index (χ2v) is 3.27. The van der Waals surface area contributed by atoms with Crippen LogP contribution in [0.15, 0.2) is 10.2 Å². The Balaban J connectivity index is 2.05. The molecule has 64 valence electrons. The molecule has 2 nitrogen and oxygen atoms in total. The average molecular weight is 154 g/mol. The number of unbranched alkanes of at least 4 members (excludes halogenated alkanes) is 2. The molecule has 11 heavy (non-hydrogen) atoms. The van der Waals surface area contributed by atoms with E-state index < -0.39 is 0 Å². The quantitative estimate of drug-likeness (QED) is 0.556. The van der Waals surface area contributed by atoms with Gasteiger partial charge in [-0.05, 0) is 19.3 Å². The second kappa shape index (κ2) is 5.28. The van der Waals surface area contributed by atoms with E-state index in [0.29, 0.717) is 6.04 Å². The van der Waals surface area contributed by atoms with E-state index in [1.165, 1.54) is 38.5 Å². The van der Waals surface area contributed by atoms with Crippen molar-refractivity contribution in [3.05, 3.63) is 0 Å². The first-order valence-electron chi connectivity index (χ1n) is 4.80. The molecule has 0 saturated carbocycles. The predicted molar refractivity (Wildman–Crippen MR) is 46.9 cm³/mol. The summed E-state index contributed by atoms with van der Waals surface area (Å²) in [5.74, 6) is 0. The van der Waals surface area contributed by atoms with Gasteiger partial charge in [-0.3, -0.25) is 0 Å².